The molecule has 0 saturated heterocycles. The minimum absolute atomic E-state index is 0.0866. The van der Waals surface area contributed by atoms with Gasteiger partial charge in [-0.05, 0) is 65.1 Å². The number of ether oxygens (including phenoxy) is 1. The lowest BCUT2D eigenvalue weighted by atomic mass is 9.96. The zero-order valence-electron chi connectivity index (χ0n) is 20.7. The monoisotopic (exact) mass is 477 g/mol. The lowest BCUT2D eigenvalue weighted by Crippen LogP contribution is -2.21. The number of fused-ring (bicyclic) bond motifs is 2. The maximum atomic E-state index is 13.7. The molecule has 0 bridgehead atoms. The van der Waals surface area contributed by atoms with Gasteiger partial charge in [0, 0.05) is 11.1 Å². The topological polar surface area (TPSA) is 76.7 Å². The molecule has 0 aliphatic carbocycles. The molecule has 0 fully saturated rings. The zero-order chi connectivity index (χ0) is 25.4. The Hall–Kier alpha value is -4.45. The molecule has 0 amide bonds. The third-order valence-corrected chi connectivity index (χ3v) is 6.44. The van der Waals surface area contributed by atoms with Crippen LogP contribution in [-0.2, 0) is 0 Å². The van der Waals surface area contributed by atoms with E-state index in [9.17, 15) is 9.90 Å². The number of rotatable bonds is 5. The number of para-hydroxylation sites is 1. The molecule has 1 heterocycles. The second-order valence-electron chi connectivity index (χ2n) is 9.10. The molecule has 0 radical (unpaired) electrons. The maximum Gasteiger partial charge on any atom is 0.282 e. The Kier molecular flexibility index (Phi) is 6.02. The number of methoxy groups -OCH3 is 1. The van der Waals surface area contributed by atoms with Gasteiger partial charge in [0.2, 0.25) is 0 Å². The van der Waals surface area contributed by atoms with Crippen molar-refractivity contribution in [3.63, 3.8) is 0 Å². The summed E-state index contributed by atoms with van der Waals surface area (Å²) in [5.41, 5.74) is 3.57. The van der Waals surface area contributed by atoms with Crippen LogP contribution in [0.15, 0.2) is 82.7 Å². The van der Waals surface area contributed by atoms with Crippen molar-refractivity contribution in [2.75, 3.05) is 7.11 Å². The van der Waals surface area contributed by atoms with Crippen LogP contribution >= 0.6 is 0 Å². The van der Waals surface area contributed by atoms with E-state index in [1.807, 2.05) is 67.6 Å². The second-order valence-corrected chi connectivity index (χ2v) is 9.10. The van der Waals surface area contributed by atoms with E-state index in [0.717, 1.165) is 33.2 Å². The molecule has 0 atom stereocenters. The van der Waals surface area contributed by atoms with E-state index in [0.29, 0.717) is 22.3 Å². The van der Waals surface area contributed by atoms with Crippen LogP contribution in [-0.4, -0.2) is 28.1 Å². The number of hydrogen-bond acceptors (Lipinski definition) is 5. The van der Waals surface area contributed by atoms with Gasteiger partial charge in [-0.15, -0.1) is 0 Å². The molecule has 5 aromatic rings. The van der Waals surface area contributed by atoms with Gasteiger partial charge >= 0.3 is 0 Å². The smallest absolute Gasteiger partial charge is 0.282 e. The Morgan fingerprint density at radius 1 is 1.00 bits per heavy atom. The van der Waals surface area contributed by atoms with Gasteiger partial charge in [-0.25, -0.2) is 4.98 Å². The third-order valence-electron chi connectivity index (χ3n) is 6.44. The summed E-state index contributed by atoms with van der Waals surface area (Å²) in [6, 6.07) is 22.5. The van der Waals surface area contributed by atoms with Crippen LogP contribution in [0.1, 0.15) is 36.5 Å². The summed E-state index contributed by atoms with van der Waals surface area (Å²) in [5, 5.41) is 17.5. The highest BCUT2D eigenvalue weighted by Gasteiger charge is 2.18. The van der Waals surface area contributed by atoms with Crippen LogP contribution in [0.25, 0.3) is 33.1 Å². The largest absolute Gasteiger partial charge is 0.507 e. The van der Waals surface area contributed by atoms with Gasteiger partial charge in [0.25, 0.3) is 5.56 Å². The van der Waals surface area contributed by atoms with Crippen LogP contribution < -0.4 is 10.3 Å². The third kappa shape index (κ3) is 4.01. The van der Waals surface area contributed by atoms with E-state index in [1.165, 1.54) is 10.9 Å². The summed E-state index contributed by atoms with van der Waals surface area (Å²) in [7, 11) is 1.66. The number of aromatic hydroxyl groups is 1. The minimum atomic E-state index is -0.284. The van der Waals surface area contributed by atoms with E-state index in [4.69, 9.17) is 9.72 Å². The molecule has 0 spiro atoms. The predicted octanol–water partition coefficient (Wildman–Crippen LogP) is 6.24. The minimum Gasteiger partial charge on any atom is -0.507 e. The van der Waals surface area contributed by atoms with Crippen LogP contribution in [0.3, 0.4) is 0 Å². The van der Waals surface area contributed by atoms with Crippen molar-refractivity contribution in [3.05, 3.63) is 99.8 Å². The quantitative estimate of drug-likeness (QED) is 0.304. The first kappa shape index (κ1) is 23.3. The average molecular weight is 478 g/mol. The van der Waals surface area contributed by atoms with E-state index >= 15 is 0 Å². The van der Waals surface area contributed by atoms with Gasteiger partial charge in [-0.3, -0.25) is 4.79 Å². The fourth-order valence-electron chi connectivity index (χ4n) is 4.51. The zero-order valence-corrected chi connectivity index (χ0v) is 20.7. The van der Waals surface area contributed by atoms with E-state index in [-0.39, 0.29) is 17.2 Å². The van der Waals surface area contributed by atoms with Crippen LogP contribution in [0.5, 0.6) is 11.5 Å². The predicted molar refractivity (Wildman–Crippen MR) is 145 cm³/mol. The van der Waals surface area contributed by atoms with Gasteiger partial charge in [-0.2, -0.15) is 9.78 Å². The maximum absolute atomic E-state index is 13.7. The standard InChI is InChI=1S/C30H27N3O3/c1-18(2)23-16-24(19(3)15-28(23)36-4)29-32-26-12-8-7-11-22(26)30(35)33(29)31-17-25-21-10-6-5-9-20(21)13-14-27(25)34/h5-18,34H,1-4H3. The molecule has 1 aromatic heterocycles. The summed E-state index contributed by atoms with van der Waals surface area (Å²) in [4.78, 5) is 18.5. The van der Waals surface area contributed by atoms with Crippen LogP contribution in [0.4, 0.5) is 0 Å². The van der Waals surface area contributed by atoms with E-state index in [2.05, 4.69) is 18.9 Å². The highest BCUT2D eigenvalue weighted by Crippen LogP contribution is 2.34. The Balaban J connectivity index is 1.79. The van der Waals surface area contributed by atoms with Crippen molar-refractivity contribution in [1.82, 2.24) is 9.66 Å². The van der Waals surface area contributed by atoms with Gasteiger partial charge in [0.1, 0.15) is 11.5 Å². The molecule has 5 rings (SSSR count). The number of benzene rings is 4. The molecular weight excluding hydrogens is 450 g/mol. The summed E-state index contributed by atoms with van der Waals surface area (Å²) in [6.07, 6.45) is 1.53. The van der Waals surface area contributed by atoms with Crippen molar-refractivity contribution >= 4 is 27.9 Å². The lowest BCUT2D eigenvalue weighted by Gasteiger charge is -2.17. The first-order valence-corrected chi connectivity index (χ1v) is 11.8. The average Bonchev–Trinajstić information content (AvgIpc) is 2.88. The molecule has 6 heteroatoms. The molecule has 0 aliphatic rings. The normalized spacial score (nSPS) is 11.7. The summed E-state index contributed by atoms with van der Waals surface area (Å²) >= 11 is 0. The highest BCUT2D eigenvalue weighted by molar-refractivity contribution is 6.02. The number of hydrogen-bond donors (Lipinski definition) is 1. The molecule has 4 aromatic carbocycles. The molecular formula is C30H27N3O3. The van der Waals surface area contributed by atoms with Crippen LogP contribution in [0, 0.1) is 6.92 Å². The van der Waals surface area contributed by atoms with Gasteiger partial charge < -0.3 is 9.84 Å². The summed E-state index contributed by atoms with van der Waals surface area (Å²) in [5.74, 6) is 1.52. The number of phenolic OH excluding ortho intramolecular Hbond substituents is 1. The lowest BCUT2D eigenvalue weighted by molar-refractivity contribution is 0.407. The molecule has 1 N–H and O–H groups in total. The fourth-order valence-corrected chi connectivity index (χ4v) is 4.51. The van der Waals surface area contributed by atoms with Crippen molar-refractivity contribution < 1.29 is 9.84 Å². The highest BCUT2D eigenvalue weighted by atomic mass is 16.5. The molecule has 36 heavy (non-hydrogen) atoms. The van der Waals surface area contributed by atoms with Crippen molar-refractivity contribution in [1.29, 1.82) is 0 Å². The first-order chi connectivity index (χ1) is 17.4. The molecule has 0 aliphatic heterocycles. The number of aryl methyl sites for hydroxylation is 1. The van der Waals surface area contributed by atoms with Crippen molar-refractivity contribution in [2.24, 2.45) is 5.10 Å². The number of nitrogens with zero attached hydrogens (tertiary/aromatic N) is 3. The molecule has 180 valence electrons. The van der Waals surface area contributed by atoms with E-state index < -0.39 is 0 Å². The van der Waals surface area contributed by atoms with Gasteiger partial charge in [0.05, 0.1) is 24.2 Å². The molecule has 0 saturated carbocycles. The Labute approximate surface area is 209 Å². The molecule has 6 nitrogen and oxygen atoms in total. The number of phenols is 1. The number of aromatic nitrogens is 2. The van der Waals surface area contributed by atoms with Gasteiger partial charge in [-0.1, -0.05) is 56.3 Å². The first-order valence-electron chi connectivity index (χ1n) is 11.8. The Morgan fingerprint density at radius 2 is 1.72 bits per heavy atom. The van der Waals surface area contributed by atoms with Gasteiger partial charge in [0.15, 0.2) is 5.82 Å². The fraction of sp³-hybridized carbons (Fsp3) is 0.167. The Morgan fingerprint density at radius 3 is 2.47 bits per heavy atom. The Bertz CT molecular complexity index is 1700. The van der Waals surface area contributed by atoms with Crippen LogP contribution in [0.2, 0.25) is 0 Å². The second kappa shape index (κ2) is 9.30. The summed E-state index contributed by atoms with van der Waals surface area (Å²) in [6.45, 7) is 6.16. The summed E-state index contributed by atoms with van der Waals surface area (Å²) < 4.78 is 6.94. The van der Waals surface area contributed by atoms with E-state index in [1.54, 1.807) is 19.2 Å². The SMILES string of the molecule is COc1cc(C)c(-c2nc3ccccc3c(=O)n2N=Cc2c(O)ccc3ccccc23)cc1C(C)C. The van der Waals surface area contributed by atoms with Crippen molar-refractivity contribution in [3.8, 4) is 22.9 Å². The molecule has 0 unspecified atom stereocenters. The van der Waals surface area contributed by atoms with Crippen molar-refractivity contribution in [2.45, 2.75) is 26.7 Å².